The third-order valence-electron chi connectivity index (χ3n) is 4.36. The Morgan fingerprint density at radius 2 is 1.96 bits per heavy atom. The van der Waals surface area contributed by atoms with Crippen molar-refractivity contribution in [3.05, 3.63) is 29.8 Å². The first-order valence-corrected chi connectivity index (χ1v) is 8.08. The van der Waals surface area contributed by atoms with Crippen LogP contribution in [0.15, 0.2) is 24.3 Å². The number of benzene rings is 1. The molecule has 0 aromatic heterocycles. The fourth-order valence-corrected chi connectivity index (χ4v) is 3.11. The van der Waals surface area contributed by atoms with Gasteiger partial charge in [0.25, 0.3) is 0 Å². The molecule has 1 amide bonds. The zero-order valence-corrected chi connectivity index (χ0v) is 14.4. The van der Waals surface area contributed by atoms with E-state index >= 15 is 0 Å². The molecule has 8 heteroatoms. The first-order valence-electron chi connectivity index (χ1n) is 8.08. The summed E-state index contributed by atoms with van der Waals surface area (Å²) in [6.45, 7) is 1.61. The lowest BCUT2D eigenvalue weighted by Gasteiger charge is -2.47. The molecule has 8 nitrogen and oxygen atoms in total. The lowest BCUT2D eigenvalue weighted by molar-refractivity contribution is -0.341. The molecule has 0 unspecified atom stereocenters. The number of ether oxygens (including phenoxy) is 5. The average molecular weight is 353 g/mol. The summed E-state index contributed by atoms with van der Waals surface area (Å²) in [5, 5.41) is 13.3. The Morgan fingerprint density at radius 3 is 2.56 bits per heavy atom. The maximum Gasteiger partial charge on any atom is 0.217 e. The molecule has 2 fully saturated rings. The van der Waals surface area contributed by atoms with E-state index in [4.69, 9.17) is 23.7 Å². The minimum atomic E-state index is -0.989. The Hall–Kier alpha value is -1.71. The highest BCUT2D eigenvalue weighted by Crippen LogP contribution is 2.34. The largest absolute Gasteiger partial charge is 0.497 e. The third kappa shape index (κ3) is 3.78. The number of hydrogen-bond acceptors (Lipinski definition) is 7. The number of nitrogens with one attached hydrogen (secondary N) is 1. The van der Waals surface area contributed by atoms with Crippen LogP contribution in [-0.2, 0) is 23.7 Å². The number of carbonyl (C=O) groups is 1. The standard InChI is InChI=1S/C17H23NO7/c1-9(19)18-13-14(20)15-12(24-17(13)22-3)8-23-16(25-15)10-4-6-11(21-2)7-5-10/h4-7,12-17,20H,8H2,1-3H3,(H,18,19)/t12-,13+,14-,15+,16+,17+/m1/s1. The molecule has 2 heterocycles. The second-order valence-corrected chi connectivity index (χ2v) is 6.03. The van der Waals surface area contributed by atoms with Crippen LogP contribution in [-0.4, -0.2) is 62.5 Å². The van der Waals surface area contributed by atoms with E-state index in [0.717, 1.165) is 11.3 Å². The molecule has 0 saturated carbocycles. The quantitative estimate of drug-likeness (QED) is 0.806. The molecule has 1 aromatic carbocycles. The van der Waals surface area contributed by atoms with Crippen LogP contribution in [0.2, 0.25) is 0 Å². The lowest BCUT2D eigenvalue weighted by atomic mass is 9.95. The molecule has 0 bridgehead atoms. The molecule has 0 spiro atoms. The number of hydrogen-bond donors (Lipinski definition) is 2. The Labute approximate surface area is 146 Å². The predicted molar refractivity (Wildman–Crippen MR) is 85.8 cm³/mol. The van der Waals surface area contributed by atoms with Gasteiger partial charge in [0.05, 0.1) is 13.7 Å². The number of methoxy groups -OCH3 is 2. The van der Waals surface area contributed by atoms with Crippen molar-refractivity contribution in [3.63, 3.8) is 0 Å². The molecule has 138 valence electrons. The number of aliphatic hydroxyl groups excluding tert-OH is 1. The molecular weight excluding hydrogens is 330 g/mol. The van der Waals surface area contributed by atoms with E-state index in [9.17, 15) is 9.90 Å². The highest BCUT2D eigenvalue weighted by Gasteiger charge is 2.49. The Bertz CT molecular complexity index is 593. The van der Waals surface area contributed by atoms with Crippen molar-refractivity contribution in [3.8, 4) is 5.75 Å². The van der Waals surface area contributed by atoms with Gasteiger partial charge in [0.1, 0.15) is 30.1 Å². The Balaban J connectivity index is 1.74. The minimum Gasteiger partial charge on any atom is -0.497 e. The topological polar surface area (TPSA) is 95.5 Å². The predicted octanol–water partition coefficient (Wildman–Crippen LogP) is 0.346. The van der Waals surface area contributed by atoms with E-state index in [0.29, 0.717) is 0 Å². The smallest absolute Gasteiger partial charge is 0.217 e. The van der Waals surface area contributed by atoms with E-state index < -0.39 is 36.9 Å². The van der Waals surface area contributed by atoms with Crippen LogP contribution in [0.3, 0.4) is 0 Å². The first kappa shape index (κ1) is 18.1. The maximum atomic E-state index is 11.4. The van der Waals surface area contributed by atoms with Crippen LogP contribution in [0.5, 0.6) is 5.75 Å². The summed E-state index contributed by atoms with van der Waals surface area (Å²) >= 11 is 0. The zero-order chi connectivity index (χ0) is 18.0. The van der Waals surface area contributed by atoms with Crippen LogP contribution in [0, 0.1) is 0 Å². The van der Waals surface area contributed by atoms with Gasteiger partial charge >= 0.3 is 0 Å². The van der Waals surface area contributed by atoms with Crippen molar-refractivity contribution in [1.82, 2.24) is 5.32 Å². The van der Waals surface area contributed by atoms with Gasteiger partial charge in [-0.1, -0.05) is 12.1 Å². The third-order valence-corrected chi connectivity index (χ3v) is 4.36. The van der Waals surface area contributed by atoms with Crippen LogP contribution < -0.4 is 10.1 Å². The van der Waals surface area contributed by atoms with Gasteiger partial charge in [-0.25, -0.2) is 0 Å². The van der Waals surface area contributed by atoms with Gasteiger partial charge in [-0.3, -0.25) is 4.79 Å². The summed E-state index contributed by atoms with van der Waals surface area (Å²) in [4.78, 5) is 11.4. The second kappa shape index (κ2) is 7.67. The molecule has 6 atom stereocenters. The highest BCUT2D eigenvalue weighted by atomic mass is 16.7. The number of amides is 1. The van der Waals surface area contributed by atoms with Gasteiger partial charge < -0.3 is 34.1 Å². The summed E-state index contributed by atoms with van der Waals surface area (Å²) in [6.07, 6.45) is -3.53. The molecule has 0 radical (unpaired) electrons. The van der Waals surface area contributed by atoms with Crippen molar-refractivity contribution in [1.29, 1.82) is 0 Å². The Kier molecular flexibility index (Phi) is 5.55. The van der Waals surface area contributed by atoms with Crippen molar-refractivity contribution < 1.29 is 33.6 Å². The van der Waals surface area contributed by atoms with Crippen molar-refractivity contribution in [2.45, 2.75) is 43.9 Å². The second-order valence-electron chi connectivity index (χ2n) is 6.03. The molecule has 2 aliphatic heterocycles. The van der Waals surface area contributed by atoms with E-state index in [1.807, 2.05) is 24.3 Å². The van der Waals surface area contributed by atoms with E-state index in [1.54, 1.807) is 7.11 Å². The summed E-state index contributed by atoms with van der Waals surface area (Å²) in [7, 11) is 3.05. The molecule has 3 rings (SSSR count). The van der Waals surface area contributed by atoms with Gasteiger partial charge in [0.2, 0.25) is 5.91 Å². The number of rotatable bonds is 4. The molecule has 25 heavy (non-hydrogen) atoms. The summed E-state index contributed by atoms with van der Waals surface area (Å²) in [5.74, 6) is 0.444. The van der Waals surface area contributed by atoms with E-state index in [-0.39, 0.29) is 12.5 Å². The first-order chi connectivity index (χ1) is 12.0. The van der Waals surface area contributed by atoms with Crippen molar-refractivity contribution >= 4 is 5.91 Å². The minimum absolute atomic E-state index is 0.241. The maximum absolute atomic E-state index is 11.4. The summed E-state index contributed by atoms with van der Waals surface area (Å²) in [6, 6.07) is 6.57. The lowest BCUT2D eigenvalue weighted by Crippen LogP contribution is -2.66. The number of aliphatic hydroxyl groups is 1. The summed E-state index contributed by atoms with van der Waals surface area (Å²) < 4.78 is 27.8. The normalized spacial score (nSPS) is 34.9. The van der Waals surface area contributed by atoms with E-state index in [2.05, 4.69) is 5.32 Å². The van der Waals surface area contributed by atoms with Gasteiger partial charge in [-0.15, -0.1) is 0 Å². The number of fused-ring (bicyclic) bond motifs is 1. The fourth-order valence-electron chi connectivity index (χ4n) is 3.11. The van der Waals surface area contributed by atoms with Crippen LogP contribution >= 0.6 is 0 Å². The zero-order valence-electron chi connectivity index (χ0n) is 14.4. The SMILES string of the molecule is COc1ccc([C@H]2OC[C@H]3O[C@H](OC)[C@@H](NC(C)=O)[C@@H](O)[C@H]3O2)cc1. The van der Waals surface area contributed by atoms with Crippen LogP contribution in [0.25, 0.3) is 0 Å². The van der Waals surface area contributed by atoms with Gasteiger partial charge in [-0.05, 0) is 12.1 Å². The molecular formula is C17H23NO7. The monoisotopic (exact) mass is 353 g/mol. The molecule has 1 aromatic rings. The van der Waals surface area contributed by atoms with Gasteiger partial charge in [-0.2, -0.15) is 0 Å². The van der Waals surface area contributed by atoms with Crippen LogP contribution in [0.1, 0.15) is 18.8 Å². The highest BCUT2D eigenvalue weighted by molar-refractivity contribution is 5.73. The molecule has 2 saturated heterocycles. The summed E-state index contributed by atoms with van der Waals surface area (Å²) in [5.41, 5.74) is 0.802. The average Bonchev–Trinajstić information content (AvgIpc) is 2.63. The number of carbonyl (C=O) groups excluding carboxylic acids is 1. The molecule has 2 N–H and O–H groups in total. The van der Waals surface area contributed by atoms with Gasteiger partial charge in [0.15, 0.2) is 12.6 Å². The Morgan fingerprint density at radius 1 is 1.24 bits per heavy atom. The van der Waals surface area contributed by atoms with Crippen molar-refractivity contribution in [2.75, 3.05) is 20.8 Å². The van der Waals surface area contributed by atoms with Crippen molar-refractivity contribution in [2.24, 2.45) is 0 Å². The van der Waals surface area contributed by atoms with E-state index in [1.165, 1.54) is 14.0 Å². The van der Waals surface area contributed by atoms with Gasteiger partial charge in [0, 0.05) is 19.6 Å². The molecule has 0 aliphatic carbocycles. The fraction of sp³-hybridized carbons (Fsp3) is 0.588. The molecule has 2 aliphatic rings. The van der Waals surface area contributed by atoms with Crippen LogP contribution in [0.4, 0.5) is 0 Å².